The molecule has 0 bridgehead atoms. The lowest BCUT2D eigenvalue weighted by Gasteiger charge is -1.99. The Morgan fingerprint density at radius 2 is 2.13 bits per heavy atom. The molecule has 3 nitrogen and oxygen atoms in total. The Hall–Kier alpha value is -1.64. The van der Waals surface area contributed by atoms with Gasteiger partial charge in [-0.05, 0) is 25.0 Å². The molecule has 0 N–H and O–H groups in total. The lowest BCUT2D eigenvalue weighted by Crippen LogP contribution is -2.08. The Labute approximate surface area is 87.7 Å². The number of hydrogen-bond acceptors (Lipinski definition) is 2. The van der Waals surface area contributed by atoms with E-state index in [-0.39, 0.29) is 11.7 Å². The van der Waals surface area contributed by atoms with Crippen molar-refractivity contribution in [2.75, 3.05) is 0 Å². The van der Waals surface area contributed by atoms with Gasteiger partial charge in [-0.15, -0.1) is 0 Å². The van der Waals surface area contributed by atoms with Gasteiger partial charge in [-0.3, -0.25) is 4.79 Å². The summed E-state index contributed by atoms with van der Waals surface area (Å²) in [4.78, 5) is 16.3. The van der Waals surface area contributed by atoms with Crippen molar-refractivity contribution < 1.29 is 4.79 Å². The number of para-hydroxylation sites is 2. The molecule has 0 unspecified atom stereocenters. The maximum Gasteiger partial charge on any atom is 0.201 e. The van der Waals surface area contributed by atoms with Gasteiger partial charge in [0.15, 0.2) is 5.82 Å². The summed E-state index contributed by atoms with van der Waals surface area (Å²) in [7, 11) is 1.91. The zero-order valence-corrected chi connectivity index (χ0v) is 8.60. The van der Waals surface area contributed by atoms with Crippen LogP contribution >= 0.6 is 0 Å². The third-order valence-corrected chi connectivity index (χ3v) is 2.96. The number of hydrogen-bond donors (Lipinski definition) is 0. The summed E-state index contributed by atoms with van der Waals surface area (Å²) < 4.78 is 1.90. The van der Waals surface area contributed by atoms with Crippen LogP contribution in [0.4, 0.5) is 0 Å². The molecule has 1 aliphatic rings. The quantitative estimate of drug-likeness (QED) is 0.696. The molecule has 0 radical (unpaired) electrons. The second-order valence-electron chi connectivity index (χ2n) is 4.12. The average Bonchev–Trinajstić information content (AvgIpc) is 3.04. The highest BCUT2D eigenvalue weighted by Crippen LogP contribution is 2.32. The fourth-order valence-corrected chi connectivity index (χ4v) is 1.89. The lowest BCUT2D eigenvalue weighted by atomic mass is 10.2. The molecule has 2 aromatic rings. The summed E-state index contributed by atoms with van der Waals surface area (Å²) in [5, 5.41) is 0. The Morgan fingerprint density at radius 1 is 1.40 bits per heavy atom. The molecule has 1 aromatic heterocycles. The third kappa shape index (κ3) is 1.27. The molecular weight excluding hydrogens is 188 g/mol. The maximum atomic E-state index is 11.9. The van der Waals surface area contributed by atoms with Crippen molar-refractivity contribution in [1.82, 2.24) is 9.55 Å². The highest BCUT2D eigenvalue weighted by atomic mass is 16.1. The smallest absolute Gasteiger partial charge is 0.201 e. The molecule has 0 spiro atoms. The molecule has 0 amide bonds. The number of imidazole rings is 1. The van der Waals surface area contributed by atoms with E-state index in [4.69, 9.17) is 0 Å². The maximum absolute atomic E-state index is 11.9. The van der Waals surface area contributed by atoms with Gasteiger partial charge < -0.3 is 4.57 Å². The highest BCUT2D eigenvalue weighted by molar-refractivity contribution is 5.99. The first-order chi connectivity index (χ1) is 7.27. The molecule has 1 aliphatic carbocycles. The van der Waals surface area contributed by atoms with Crippen LogP contribution in [-0.2, 0) is 7.05 Å². The third-order valence-electron chi connectivity index (χ3n) is 2.96. The molecule has 3 heteroatoms. The predicted octanol–water partition coefficient (Wildman–Crippen LogP) is 2.17. The Morgan fingerprint density at radius 3 is 2.80 bits per heavy atom. The molecule has 0 aliphatic heterocycles. The van der Waals surface area contributed by atoms with Crippen LogP contribution < -0.4 is 0 Å². The molecule has 1 saturated carbocycles. The van der Waals surface area contributed by atoms with Gasteiger partial charge in [-0.2, -0.15) is 0 Å². The van der Waals surface area contributed by atoms with Crippen molar-refractivity contribution in [3.8, 4) is 0 Å². The molecule has 76 valence electrons. The molecule has 1 heterocycles. The van der Waals surface area contributed by atoms with Gasteiger partial charge in [-0.1, -0.05) is 12.1 Å². The predicted molar refractivity (Wildman–Crippen MR) is 57.8 cm³/mol. The Balaban J connectivity index is 2.18. The average molecular weight is 200 g/mol. The number of fused-ring (bicyclic) bond motifs is 1. The van der Waals surface area contributed by atoms with Crippen LogP contribution in [0.15, 0.2) is 24.3 Å². The summed E-state index contributed by atoms with van der Waals surface area (Å²) >= 11 is 0. The van der Waals surface area contributed by atoms with Crippen molar-refractivity contribution in [1.29, 1.82) is 0 Å². The summed E-state index contributed by atoms with van der Waals surface area (Å²) in [5.74, 6) is 1.05. The highest BCUT2D eigenvalue weighted by Gasteiger charge is 2.33. The van der Waals surface area contributed by atoms with Crippen LogP contribution in [0.25, 0.3) is 11.0 Å². The molecular formula is C12H12N2O. The van der Waals surface area contributed by atoms with E-state index in [2.05, 4.69) is 4.98 Å². The van der Waals surface area contributed by atoms with Crippen molar-refractivity contribution >= 4 is 16.8 Å². The second-order valence-corrected chi connectivity index (χ2v) is 4.12. The number of rotatable bonds is 2. The minimum atomic E-state index is 0.203. The molecule has 1 fully saturated rings. The van der Waals surface area contributed by atoms with Crippen LogP contribution in [0.5, 0.6) is 0 Å². The van der Waals surface area contributed by atoms with Gasteiger partial charge >= 0.3 is 0 Å². The number of carbonyl (C=O) groups excluding carboxylic acids is 1. The molecule has 3 rings (SSSR count). The van der Waals surface area contributed by atoms with E-state index in [9.17, 15) is 4.79 Å². The molecule has 1 aromatic carbocycles. The Kier molecular flexibility index (Phi) is 1.69. The van der Waals surface area contributed by atoms with E-state index >= 15 is 0 Å². The van der Waals surface area contributed by atoms with Crippen LogP contribution in [0.3, 0.4) is 0 Å². The molecule has 0 atom stereocenters. The van der Waals surface area contributed by atoms with E-state index in [0.29, 0.717) is 5.82 Å². The van der Waals surface area contributed by atoms with Crippen molar-refractivity contribution in [2.45, 2.75) is 12.8 Å². The van der Waals surface area contributed by atoms with Gasteiger partial charge in [0.2, 0.25) is 5.78 Å². The van der Waals surface area contributed by atoms with Gasteiger partial charge in [0.25, 0.3) is 0 Å². The zero-order valence-electron chi connectivity index (χ0n) is 8.60. The number of aromatic nitrogens is 2. The standard InChI is InChI=1S/C12H12N2O/c1-14-10-5-3-2-4-9(10)13-12(14)11(15)8-6-7-8/h2-5,8H,6-7H2,1H3. The summed E-state index contributed by atoms with van der Waals surface area (Å²) in [6.45, 7) is 0. The fourth-order valence-electron chi connectivity index (χ4n) is 1.89. The SMILES string of the molecule is Cn1c(C(=O)C2CC2)nc2ccccc21. The summed E-state index contributed by atoms with van der Waals surface area (Å²) in [6, 6.07) is 7.85. The number of ketones is 1. The first-order valence-electron chi connectivity index (χ1n) is 5.23. The number of Topliss-reactive ketones (excluding diaryl/α,β-unsaturated/α-hetero) is 1. The second kappa shape index (κ2) is 2.92. The van der Waals surface area contributed by atoms with E-state index in [0.717, 1.165) is 23.9 Å². The summed E-state index contributed by atoms with van der Waals surface area (Å²) in [6.07, 6.45) is 2.06. The van der Waals surface area contributed by atoms with Gasteiger partial charge in [0, 0.05) is 13.0 Å². The van der Waals surface area contributed by atoms with Crippen molar-refractivity contribution in [3.05, 3.63) is 30.1 Å². The summed E-state index contributed by atoms with van der Waals surface area (Å²) in [5.41, 5.74) is 1.94. The van der Waals surface area contributed by atoms with E-state index in [1.165, 1.54) is 0 Å². The van der Waals surface area contributed by atoms with Crippen LogP contribution in [0.1, 0.15) is 23.5 Å². The molecule has 0 saturated heterocycles. The Bertz CT molecular complexity index is 538. The van der Waals surface area contributed by atoms with Gasteiger partial charge in [0.05, 0.1) is 11.0 Å². The van der Waals surface area contributed by atoms with Gasteiger partial charge in [-0.25, -0.2) is 4.98 Å². The van der Waals surface area contributed by atoms with Crippen LogP contribution in [-0.4, -0.2) is 15.3 Å². The van der Waals surface area contributed by atoms with Gasteiger partial charge in [0.1, 0.15) is 0 Å². The van der Waals surface area contributed by atoms with E-state index in [1.807, 2.05) is 35.9 Å². The first kappa shape index (κ1) is 8.65. The minimum Gasteiger partial charge on any atom is -0.325 e. The largest absolute Gasteiger partial charge is 0.325 e. The van der Waals surface area contributed by atoms with Crippen LogP contribution in [0.2, 0.25) is 0 Å². The van der Waals surface area contributed by atoms with Crippen LogP contribution in [0, 0.1) is 5.92 Å². The monoisotopic (exact) mass is 200 g/mol. The minimum absolute atomic E-state index is 0.203. The number of benzene rings is 1. The van der Waals surface area contributed by atoms with E-state index in [1.54, 1.807) is 0 Å². The van der Waals surface area contributed by atoms with Crippen molar-refractivity contribution in [3.63, 3.8) is 0 Å². The van der Waals surface area contributed by atoms with Crippen molar-refractivity contribution in [2.24, 2.45) is 13.0 Å². The normalized spacial score (nSPS) is 15.8. The number of carbonyl (C=O) groups is 1. The molecule has 15 heavy (non-hydrogen) atoms. The lowest BCUT2D eigenvalue weighted by molar-refractivity contribution is 0.0955. The topological polar surface area (TPSA) is 34.9 Å². The van der Waals surface area contributed by atoms with E-state index < -0.39 is 0 Å². The number of aryl methyl sites for hydroxylation is 1. The first-order valence-corrected chi connectivity index (χ1v) is 5.23. The zero-order chi connectivity index (χ0) is 10.4. The fraction of sp³-hybridized carbons (Fsp3) is 0.333. The number of nitrogens with zero attached hydrogens (tertiary/aromatic N) is 2.